The number of benzene rings is 1. The lowest BCUT2D eigenvalue weighted by atomic mass is 10.1. The van der Waals surface area contributed by atoms with E-state index in [2.05, 4.69) is 0 Å². The molecule has 0 aromatic heterocycles. The maximum Gasteiger partial charge on any atom is 0.311 e. The number of hydrogen-bond acceptors (Lipinski definition) is 2. The van der Waals surface area contributed by atoms with Crippen LogP contribution in [0.1, 0.15) is 18.1 Å². The van der Waals surface area contributed by atoms with Crippen molar-refractivity contribution in [1.82, 2.24) is 4.90 Å². The summed E-state index contributed by atoms with van der Waals surface area (Å²) in [6.45, 7) is 4.68. The minimum atomic E-state index is -0.907. The fourth-order valence-corrected chi connectivity index (χ4v) is 1.48. The van der Waals surface area contributed by atoms with Crippen molar-refractivity contribution in [3.05, 3.63) is 35.4 Å². The Morgan fingerprint density at radius 1 is 1.31 bits per heavy atom. The number of hydrogen-bond donors (Lipinski definition) is 1. The molecule has 4 heteroatoms. The molecule has 0 fully saturated rings. The number of aryl methyl sites for hydroxylation is 1. The second-order valence-electron chi connectivity index (χ2n) is 3.61. The molecule has 16 heavy (non-hydrogen) atoms. The highest BCUT2D eigenvalue weighted by Crippen LogP contribution is 2.10. The summed E-state index contributed by atoms with van der Waals surface area (Å²) in [5, 5.41) is 0. The highest BCUT2D eigenvalue weighted by Gasteiger charge is 2.17. The second kappa shape index (κ2) is 5.30. The van der Waals surface area contributed by atoms with Crippen LogP contribution in [0, 0.1) is 6.92 Å². The summed E-state index contributed by atoms with van der Waals surface area (Å²) >= 11 is 0. The quantitative estimate of drug-likeness (QED) is 0.767. The van der Waals surface area contributed by atoms with Crippen molar-refractivity contribution in [2.45, 2.75) is 20.4 Å². The monoisotopic (exact) mass is 220 g/mol. The van der Waals surface area contributed by atoms with Crippen molar-refractivity contribution in [2.24, 2.45) is 5.73 Å². The lowest BCUT2D eigenvalue weighted by Crippen LogP contribution is -2.39. The summed E-state index contributed by atoms with van der Waals surface area (Å²) in [6, 6.07) is 7.75. The van der Waals surface area contributed by atoms with Gasteiger partial charge < -0.3 is 10.6 Å². The lowest BCUT2D eigenvalue weighted by molar-refractivity contribution is -0.144. The largest absolute Gasteiger partial charge is 0.361 e. The fraction of sp³-hybridized carbons (Fsp3) is 0.333. The molecule has 0 spiro atoms. The van der Waals surface area contributed by atoms with Crippen LogP contribution in [-0.4, -0.2) is 23.3 Å². The van der Waals surface area contributed by atoms with Crippen LogP contribution < -0.4 is 5.73 Å². The second-order valence-corrected chi connectivity index (χ2v) is 3.61. The zero-order valence-electron chi connectivity index (χ0n) is 9.56. The van der Waals surface area contributed by atoms with E-state index in [1.54, 1.807) is 0 Å². The molecule has 0 unspecified atom stereocenters. The van der Waals surface area contributed by atoms with Gasteiger partial charge >= 0.3 is 11.8 Å². The molecule has 0 atom stereocenters. The third-order valence-corrected chi connectivity index (χ3v) is 2.50. The first kappa shape index (κ1) is 12.2. The van der Waals surface area contributed by atoms with Crippen molar-refractivity contribution >= 4 is 11.8 Å². The number of primary amides is 1. The van der Waals surface area contributed by atoms with Gasteiger partial charge in [-0.15, -0.1) is 0 Å². The van der Waals surface area contributed by atoms with E-state index in [-0.39, 0.29) is 0 Å². The third kappa shape index (κ3) is 2.82. The number of carbonyl (C=O) groups excluding carboxylic acids is 2. The van der Waals surface area contributed by atoms with Gasteiger partial charge in [-0.1, -0.05) is 24.3 Å². The van der Waals surface area contributed by atoms with Crippen LogP contribution in [0.5, 0.6) is 0 Å². The Morgan fingerprint density at radius 2 is 1.94 bits per heavy atom. The first-order valence-electron chi connectivity index (χ1n) is 5.19. The lowest BCUT2D eigenvalue weighted by Gasteiger charge is -2.20. The minimum Gasteiger partial charge on any atom is -0.361 e. The van der Waals surface area contributed by atoms with Crippen LogP contribution in [0.15, 0.2) is 24.3 Å². The van der Waals surface area contributed by atoms with E-state index in [1.807, 2.05) is 38.1 Å². The first-order chi connectivity index (χ1) is 7.56. The van der Waals surface area contributed by atoms with E-state index in [0.717, 1.165) is 11.1 Å². The summed E-state index contributed by atoms with van der Waals surface area (Å²) in [6.07, 6.45) is 0. The number of likely N-dealkylation sites (N-methyl/N-ethyl adjacent to an activating group) is 1. The van der Waals surface area contributed by atoms with E-state index in [9.17, 15) is 9.59 Å². The molecule has 0 aliphatic heterocycles. The first-order valence-corrected chi connectivity index (χ1v) is 5.19. The van der Waals surface area contributed by atoms with Crippen molar-refractivity contribution in [2.75, 3.05) is 6.54 Å². The van der Waals surface area contributed by atoms with Gasteiger partial charge in [0.05, 0.1) is 0 Å². The van der Waals surface area contributed by atoms with Gasteiger partial charge in [0.2, 0.25) is 0 Å². The maximum absolute atomic E-state index is 11.4. The fourth-order valence-electron chi connectivity index (χ4n) is 1.48. The van der Waals surface area contributed by atoms with E-state index >= 15 is 0 Å². The third-order valence-electron chi connectivity index (χ3n) is 2.50. The molecular weight excluding hydrogens is 204 g/mol. The van der Waals surface area contributed by atoms with Crippen molar-refractivity contribution < 1.29 is 9.59 Å². The van der Waals surface area contributed by atoms with Crippen molar-refractivity contribution in [1.29, 1.82) is 0 Å². The van der Waals surface area contributed by atoms with Crippen LogP contribution in [0.2, 0.25) is 0 Å². The Labute approximate surface area is 95.0 Å². The average molecular weight is 220 g/mol. The van der Waals surface area contributed by atoms with Gasteiger partial charge in [0.25, 0.3) is 0 Å². The molecule has 1 aromatic carbocycles. The zero-order valence-corrected chi connectivity index (χ0v) is 9.56. The van der Waals surface area contributed by atoms with Gasteiger partial charge in [0, 0.05) is 13.1 Å². The summed E-state index contributed by atoms with van der Waals surface area (Å²) < 4.78 is 0. The molecule has 2 N–H and O–H groups in total. The summed E-state index contributed by atoms with van der Waals surface area (Å²) in [5.41, 5.74) is 7.10. The zero-order chi connectivity index (χ0) is 12.1. The normalized spacial score (nSPS) is 9.88. The van der Waals surface area contributed by atoms with Crippen molar-refractivity contribution in [3.8, 4) is 0 Å². The molecular formula is C12H16N2O2. The van der Waals surface area contributed by atoms with Crippen LogP contribution in [-0.2, 0) is 16.1 Å². The smallest absolute Gasteiger partial charge is 0.311 e. The molecule has 1 rings (SSSR count). The minimum absolute atomic E-state index is 0.422. The Kier molecular flexibility index (Phi) is 4.05. The molecule has 0 bridgehead atoms. The molecule has 0 saturated heterocycles. The van der Waals surface area contributed by atoms with Crippen LogP contribution in [0.25, 0.3) is 0 Å². The van der Waals surface area contributed by atoms with E-state index in [1.165, 1.54) is 4.90 Å². The number of nitrogens with zero attached hydrogens (tertiary/aromatic N) is 1. The van der Waals surface area contributed by atoms with Gasteiger partial charge in [0.1, 0.15) is 0 Å². The molecule has 0 radical (unpaired) electrons. The predicted molar refractivity (Wildman–Crippen MR) is 61.5 cm³/mol. The standard InChI is InChI=1S/C12H16N2O2/c1-3-14(12(16)11(13)15)8-10-7-5-4-6-9(10)2/h4-7H,3,8H2,1-2H3,(H2,13,15). The Morgan fingerprint density at radius 3 is 2.44 bits per heavy atom. The molecule has 2 amide bonds. The summed E-state index contributed by atoms with van der Waals surface area (Å²) in [4.78, 5) is 23.7. The van der Waals surface area contributed by atoms with Crippen molar-refractivity contribution in [3.63, 3.8) is 0 Å². The Bertz CT molecular complexity index is 402. The number of amides is 2. The number of carbonyl (C=O) groups is 2. The van der Waals surface area contributed by atoms with Crippen LogP contribution >= 0.6 is 0 Å². The summed E-state index contributed by atoms with van der Waals surface area (Å²) in [5.74, 6) is -1.54. The molecule has 0 aliphatic carbocycles. The summed E-state index contributed by atoms with van der Waals surface area (Å²) in [7, 11) is 0. The highest BCUT2D eigenvalue weighted by molar-refractivity contribution is 6.34. The van der Waals surface area contributed by atoms with E-state index in [4.69, 9.17) is 5.73 Å². The van der Waals surface area contributed by atoms with Gasteiger partial charge in [0.15, 0.2) is 0 Å². The topological polar surface area (TPSA) is 63.4 Å². The molecule has 4 nitrogen and oxygen atoms in total. The van der Waals surface area contributed by atoms with E-state index in [0.29, 0.717) is 13.1 Å². The van der Waals surface area contributed by atoms with E-state index < -0.39 is 11.8 Å². The molecule has 1 aromatic rings. The number of nitrogens with two attached hydrogens (primary N) is 1. The average Bonchev–Trinajstić information content (AvgIpc) is 2.27. The van der Waals surface area contributed by atoms with Crippen LogP contribution in [0.3, 0.4) is 0 Å². The Balaban J connectivity index is 2.82. The van der Waals surface area contributed by atoms with Gasteiger partial charge in [-0.3, -0.25) is 9.59 Å². The number of rotatable bonds is 3. The van der Waals surface area contributed by atoms with Gasteiger partial charge in [-0.25, -0.2) is 0 Å². The molecule has 0 saturated carbocycles. The molecule has 0 heterocycles. The van der Waals surface area contributed by atoms with Gasteiger partial charge in [-0.05, 0) is 25.0 Å². The molecule has 86 valence electrons. The predicted octanol–water partition coefficient (Wildman–Crippen LogP) is 0.829. The maximum atomic E-state index is 11.4. The van der Waals surface area contributed by atoms with Crippen LogP contribution in [0.4, 0.5) is 0 Å². The highest BCUT2D eigenvalue weighted by atomic mass is 16.2. The molecule has 0 aliphatic rings. The Hall–Kier alpha value is -1.84. The SMILES string of the molecule is CCN(Cc1ccccc1C)C(=O)C(N)=O. The van der Waals surface area contributed by atoms with Gasteiger partial charge in [-0.2, -0.15) is 0 Å².